The Morgan fingerprint density at radius 2 is 1.46 bits per heavy atom. The maximum absolute atomic E-state index is 16.9. The van der Waals surface area contributed by atoms with Crippen LogP contribution in [0.3, 0.4) is 0 Å². The summed E-state index contributed by atoms with van der Waals surface area (Å²) in [6.45, 7) is 1.27. The fourth-order valence-electron chi connectivity index (χ4n) is 11.8. The third-order valence-corrected chi connectivity index (χ3v) is 15.3. The van der Waals surface area contributed by atoms with E-state index in [1.807, 2.05) is 114 Å². The van der Waals surface area contributed by atoms with Crippen molar-refractivity contribution in [3.8, 4) is 17.6 Å². The summed E-state index contributed by atoms with van der Waals surface area (Å²) < 4.78 is 18.8. The molecule has 404 valence electrons. The van der Waals surface area contributed by atoms with E-state index in [9.17, 15) is 15.2 Å². The fraction of sp³-hybridized carbons (Fsp3) is 0.258. The van der Waals surface area contributed by atoms with Crippen LogP contribution in [0, 0.1) is 27.9 Å². The number of carbonyl (C=O) groups excluding carboxylic acids is 4. The number of piperazine rings is 1. The second-order valence-corrected chi connectivity index (χ2v) is 20.1. The van der Waals surface area contributed by atoms with Gasteiger partial charge in [0.2, 0.25) is 17.8 Å². The van der Waals surface area contributed by atoms with E-state index in [-0.39, 0.29) is 49.8 Å². The van der Waals surface area contributed by atoms with E-state index in [1.165, 1.54) is 24.3 Å². The lowest BCUT2D eigenvalue weighted by atomic mass is 9.64. The molecule has 3 saturated heterocycles. The highest BCUT2D eigenvalue weighted by Gasteiger charge is 2.76. The molecule has 0 unspecified atom stereocenters. The number of aliphatic hydroxyl groups excluding tert-OH is 1. The van der Waals surface area contributed by atoms with E-state index in [0.29, 0.717) is 60.1 Å². The van der Waals surface area contributed by atoms with Gasteiger partial charge in [0.1, 0.15) is 36.5 Å². The number of aromatic nitrogens is 2. The first-order valence-electron chi connectivity index (χ1n) is 26.4. The number of rotatable bonds is 14. The summed E-state index contributed by atoms with van der Waals surface area (Å²) in [5.74, 6) is 3.78. The normalized spacial score (nSPS) is 21.3. The zero-order valence-corrected chi connectivity index (χ0v) is 43.7. The molecule has 0 aliphatic carbocycles. The van der Waals surface area contributed by atoms with Crippen LogP contribution in [0.4, 0.5) is 22.1 Å². The molecule has 18 nitrogen and oxygen atoms in total. The Morgan fingerprint density at radius 3 is 2.15 bits per heavy atom. The first-order chi connectivity index (χ1) is 39.0. The molecule has 11 rings (SSSR count). The van der Waals surface area contributed by atoms with Crippen molar-refractivity contribution in [3.63, 3.8) is 0 Å². The van der Waals surface area contributed by atoms with Gasteiger partial charge < -0.3 is 29.1 Å². The average molecular weight is 1070 g/mol. The van der Waals surface area contributed by atoms with Gasteiger partial charge in [-0.05, 0) is 89.0 Å². The van der Waals surface area contributed by atoms with Gasteiger partial charge in [0.05, 0.1) is 41.8 Å². The molecule has 1 aromatic heterocycles. The number of fused-ring (bicyclic) bond motifs is 3. The highest BCUT2D eigenvalue weighted by Crippen LogP contribution is 2.66. The van der Waals surface area contributed by atoms with Crippen LogP contribution in [0.5, 0.6) is 5.75 Å². The maximum Gasteiger partial charge on any atom is 0.421 e. The third kappa shape index (κ3) is 10.1. The molecule has 80 heavy (non-hydrogen) atoms. The molecule has 0 bridgehead atoms. The second-order valence-electron chi connectivity index (χ2n) is 20.1. The van der Waals surface area contributed by atoms with Gasteiger partial charge in [0.15, 0.2) is 0 Å². The molecule has 1 spiro atoms. The van der Waals surface area contributed by atoms with Crippen molar-refractivity contribution in [2.75, 3.05) is 62.8 Å². The third-order valence-electron chi connectivity index (χ3n) is 15.3. The number of carbonyl (C=O) groups is 4. The highest BCUT2D eigenvalue weighted by molar-refractivity contribution is 6.23. The van der Waals surface area contributed by atoms with Crippen molar-refractivity contribution in [2.45, 2.75) is 42.8 Å². The fourth-order valence-corrected chi connectivity index (χ4v) is 11.8. The SMILES string of the molecule is CN(CC#Cc1ccc2c(c1)[C@]1(C(=O)N2C(=O)OCc2ccc([N+](=O)[O-])cc2)[C@H](c2cccc(OCCO)c2)N2[C@H](c3ccccc3)[C@H](c3ccccc3)OC(=O)[C@H]2[C@@H]1C(=O)N1CCN(c2ncccn2)CC1)Cc1ccccc1. The Morgan fingerprint density at radius 1 is 0.787 bits per heavy atom. The summed E-state index contributed by atoms with van der Waals surface area (Å²) in [6, 6.07) is 44.6. The van der Waals surface area contributed by atoms with Crippen LogP contribution in [0.1, 0.15) is 57.1 Å². The van der Waals surface area contributed by atoms with Gasteiger partial charge in [-0.3, -0.25) is 34.3 Å². The van der Waals surface area contributed by atoms with Crippen LogP contribution in [0.2, 0.25) is 0 Å². The molecule has 0 saturated carbocycles. The largest absolute Gasteiger partial charge is 0.491 e. The number of nitro benzene ring substituents is 1. The van der Waals surface area contributed by atoms with E-state index in [0.717, 1.165) is 16.0 Å². The number of anilines is 2. The van der Waals surface area contributed by atoms with Gasteiger partial charge in [-0.25, -0.2) is 19.7 Å². The predicted molar refractivity (Wildman–Crippen MR) is 295 cm³/mol. The summed E-state index contributed by atoms with van der Waals surface area (Å²) in [5.41, 5.74) is 1.93. The van der Waals surface area contributed by atoms with Gasteiger partial charge in [-0.1, -0.05) is 115 Å². The number of hydrogen-bond donors (Lipinski definition) is 1. The van der Waals surface area contributed by atoms with Crippen molar-refractivity contribution in [2.24, 2.45) is 5.92 Å². The first kappa shape index (κ1) is 52.8. The zero-order valence-electron chi connectivity index (χ0n) is 43.7. The van der Waals surface area contributed by atoms with Crippen molar-refractivity contribution in [3.05, 3.63) is 225 Å². The number of cyclic esters (lactones) is 1. The van der Waals surface area contributed by atoms with Gasteiger partial charge in [0.25, 0.3) is 5.69 Å². The Kier molecular flexibility index (Phi) is 15.1. The number of morpholine rings is 1. The second kappa shape index (κ2) is 23.0. The Labute approximate surface area is 461 Å². The summed E-state index contributed by atoms with van der Waals surface area (Å²) in [5, 5.41) is 21.5. The van der Waals surface area contributed by atoms with Gasteiger partial charge in [-0.15, -0.1) is 0 Å². The van der Waals surface area contributed by atoms with E-state index >= 15 is 19.2 Å². The first-order valence-corrected chi connectivity index (χ1v) is 26.4. The van der Waals surface area contributed by atoms with E-state index in [4.69, 9.17) is 14.2 Å². The van der Waals surface area contributed by atoms with Crippen LogP contribution >= 0.6 is 0 Å². The molecule has 6 aromatic carbocycles. The Bertz CT molecular complexity index is 3470. The topological polar surface area (TPSA) is 201 Å². The molecule has 1 N–H and O–H groups in total. The quantitative estimate of drug-likeness (QED) is 0.0483. The number of aliphatic hydroxyl groups is 1. The number of nitro groups is 1. The summed E-state index contributed by atoms with van der Waals surface area (Å²) in [4.78, 5) is 92.8. The van der Waals surface area contributed by atoms with Crippen molar-refractivity contribution >= 4 is 41.2 Å². The van der Waals surface area contributed by atoms with Crippen molar-refractivity contribution < 1.29 is 43.4 Å². The summed E-state index contributed by atoms with van der Waals surface area (Å²) >= 11 is 0. The number of amides is 3. The zero-order chi connectivity index (χ0) is 55.3. The van der Waals surface area contributed by atoms with Gasteiger partial charge in [-0.2, -0.15) is 0 Å². The molecule has 4 aliphatic heterocycles. The van der Waals surface area contributed by atoms with E-state index < -0.39 is 64.4 Å². The van der Waals surface area contributed by atoms with Crippen molar-refractivity contribution in [1.82, 2.24) is 24.7 Å². The predicted octanol–water partition coefficient (Wildman–Crippen LogP) is 7.59. The molecule has 3 fully saturated rings. The number of imide groups is 1. The number of hydrogen-bond acceptors (Lipinski definition) is 15. The molecule has 18 heteroatoms. The minimum absolute atomic E-state index is 0.0551. The number of non-ortho nitro benzene ring substituents is 1. The summed E-state index contributed by atoms with van der Waals surface area (Å²) in [6.07, 6.45) is 1.25. The lowest BCUT2D eigenvalue weighted by Crippen LogP contribution is -2.59. The van der Waals surface area contributed by atoms with Crippen molar-refractivity contribution in [1.29, 1.82) is 0 Å². The monoisotopic (exact) mass is 1070 g/mol. The Balaban J connectivity index is 1.13. The average Bonchev–Trinajstić information content (AvgIpc) is 4.02. The lowest BCUT2D eigenvalue weighted by molar-refractivity contribution is -0.384. The van der Waals surface area contributed by atoms with Gasteiger partial charge >= 0.3 is 12.1 Å². The molecule has 6 atom stereocenters. The number of ether oxygens (including phenoxy) is 3. The molecule has 3 amide bonds. The van der Waals surface area contributed by atoms with Crippen LogP contribution < -0.4 is 14.5 Å². The molecular formula is C62H56N8O10. The maximum atomic E-state index is 16.9. The van der Waals surface area contributed by atoms with Crippen LogP contribution in [0.15, 0.2) is 176 Å². The van der Waals surface area contributed by atoms with Gasteiger partial charge in [0, 0.05) is 62.8 Å². The van der Waals surface area contributed by atoms with E-state index in [2.05, 4.69) is 26.7 Å². The smallest absolute Gasteiger partial charge is 0.421 e. The van der Waals surface area contributed by atoms with Crippen LogP contribution in [-0.2, 0) is 42.4 Å². The minimum Gasteiger partial charge on any atom is -0.491 e. The number of benzene rings is 6. The van der Waals surface area contributed by atoms with Crippen LogP contribution in [0.25, 0.3) is 0 Å². The minimum atomic E-state index is -2.13. The molecule has 7 aromatic rings. The Hall–Kier alpha value is -9.28. The molecule has 5 heterocycles. The summed E-state index contributed by atoms with van der Waals surface area (Å²) in [7, 11) is 1.96. The highest BCUT2D eigenvalue weighted by atomic mass is 16.6. The number of nitrogens with zero attached hydrogens (tertiary/aromatic N) is 8. The van der Waals surface area contributed by atoms with Crippen LogP contribution in [-0.4, -0.2) is 118 Å². The van der Waals surface area contributed by atoms with E-state index in [1.54, 1.807) is 59.8 Å². The molecule has 4 aliphatic rings. The number of esters is 1. The lowest BCUT2D eigenvalue weighted by Gasteiger charge is -2.46. The molecular weight excluding hydrogens is 1020 g/mol. The molecule has 0 radical (unpaired) electrons. The standard InChI is InChI=1S/C62H56N8O10/c1-65(40-43-14-5-2-6-15-43)31-12-16-42-25-28-51-50(38-42)62(59(74)68(51)61(75)79-41-44-23-26-48(27-24-44)70(76)77)52(57(72)66-32-34-67(35-33-66)60-63-29-13-30-64-60)54-58(73)80-55(46-19-9-4-10-20-46)53(45-17-7-3-8-18-45)69(54)56(62)47-21-11-22-49(39-47)78-37-36-71/h2-11,13-15,17-30,38-39,52-56,71H,31-37,40-41H2,1H3/t52-,53-,54-,55+,56+,62-/m1/s1.